The topological polar surface area (TPSA) is 22.3 Å². The fourth-order valence-corrected chi connectivity index (χ4v) is 4.23. The first-order chi connectivity index (χ1) is 11.4. The van der Waals surface area contributed by atoms with Gasteiger partial charge in [0.05, 0.1) is 0 Å². The molecule has 0 saturated carbocycles. The number of para-hydroxylation sites is 2. The fraction of sp³-hybridized carbons (Fsp3) is 0.300. The first kappa shape index (κ1) is 13.2. The smallest absolute Gasteiger partial charge is 0.0459 e. The summed E-state index contributed by atoms with van der Waals surface area (Å²) in [6.07, 6.45) is 1.16. The summed E-state index contributed by atoms with van der Waals surface area (Å²) in [6.45, 7) is 4.46. The lowest BCUT2D eigenvalue weighted by Crippen LogP contribution is -2.55. The molecule has 0 bridgehead atoms. The van der Waals surface area contributed by atoms with E-state index in [4.69, 9.17) is 0 Å². The van der Waals surface area contributed by atoms with Crippen LogP contribution in [0.25, 0.3) is 10.9 Å². The third-order valence-electron chi connectivity index (χ3n) is 5.43. The van der Waals surface area contributed by atoms with Crippen LogP contribution >= 0.6 is 0 Å². The first-order valence-corrected chi connectivity index (χ1v) is 8.51. The number of benzene rings is 2. The molecule has 1 saturated heterocycles. The van der Waals surface area contributed by atoms with E-state index < -0.39 is 0 Å². The lowest BCUT2D eigenvalue weighted by atomic mass is 9.94. The molecule has 23 heavy (non-hydrogen) atoms. The number of nitrogens with one attached hydrogen (secondary N) is 1. The molecule has 5 rings (SSSR count). The molecule has 0 spiro atoms. The highest BCUT2D eigenvalue weighted by atomic mass is 15.3. The molecule has 3 heteroatoms. The van der Waals surface area contributed by atoms with Gasteiger partial charge < -0.3 is 9.88 Å². The lowest BCUT2D eigenvalue weighted by molar-refractivity contribution is 0.153. The molecule has 1 fully saturated rings. The minimum atomic E-state index is 0.621. The van der Waals surface area contributed by atoms with Crippen LogP contribution in [0.4, 0.5) is 5.69 Å². The Morgan fingerprint density at radius 2 is 1.74 bits per heavy atom. The summed E-state index contributed by atoms with van der Waals surface area (Å²) in [5, 5.41) is 1.42. The molecule has 116 valence electrons. The van der Waals surface area contributed by atoms with Gasteiger partial charge in [-0.3, -0.25) is 4.90 Å². The fourth-order valence-electron chi connectivity index (χ4n) is 4.23. The van der Waals surface area contributed by atoms with Gasteiger partial charge in [0, 0.05) is 54.5 Å². The number of aromatic amines is 1. The van der Waals surface area contributed by atoms with E-state index in [-0.39, 0.29) is 0 Å². The largest absolute Gasteiger partial charge is 0.369 e. The van der Waals surface area contributed by atoms with E-state index in [9.17, 15) is 0 Å². The maximum absolute atomic E-state index is 3.64. The van der Waals surface area contributed by atoms with Crippen LogP contribution in [0.5, 0.6) is 0 Å². The molecule has 3 heterocycles. The SMILES string of the molecule is c1ccc(N2CCN3Cc4[nH]c5ccccc5c4CC3C2)cc1. The van der Waals surface area contributed by atoms with E-state index >= 15 is 0 Å². The number of nitrogens with zero attached hydrogens (tertiary/aromatic N) is 2. The number of rotatable bonds is 1. The van der Waals surface area contributed by atoms with Crippen molar-refractivity contribution in [3.63, 3.8) is 0 Å². The van der Waals surface area contributed by atoms with Gasteiger partial charge in [-0.15, -0.1) is 0 Å². The van der Waals surface area contributed by atoms with E-state index in [0.717, 1.165) is 32.6 Å². The average Bonchev–Trinajstić information content (AvgIpc) is 2.97. The normalized spacial score (nSPS) is 21.2. The van der Waals surface area contributed by atoms with Gasteiger partial charge in [0.2, 0.25) is 0 Å². The minimum absolute atomic E-state index is 0.621. The Morgan fingerprint density at radius 3 is 2.65 bits per heavy atom. The standard InChI is InChI=1S/C20H21N3/c1-2-6-15(7-3-1)22-10-11-23-14-20-18(12-16(23)13-22)17-8-4-5-9-19(17)21-20/h1-9,16,21H,10-14H2. The van der Waals surface area contributed by atoms with Crippen LogP contribution in [0.2, 0.25) is 0 Å². The van der Waals surface area contributed by atoms with Crippen LogP contribution in [0.1, 0.15) is 11.3 Å². The van der Waals surface area contributed by atoms with Gasteiger partial charge in [-0.1, -0.05) is 36.4 Å². The Labute approximate surface area is 136 Å². The third kappa shape index (κ3) is 2.15. The van der Waals surface area contributed by atoms with Crippen molar-refractivity contribution in [2.45, 2.75) is 19.0 Å². The summed E-state index contributed by atoms with van der Waals surface area (Å²) in [5.74, 6) is 0. The predicted octanol–water partition coefficient (Wildman–Crippen LogP) is 3.41. The molecule has 1 N–H and O–H groups in total. The van der Waals surface area contributed by atoms with Crippen LogP contribution in [0.15, 0.2) is 54.6 Å². The van der Waals surface area contributed by atoms with Crippen molar-refractivity contribution < 1.29 is 0 Å². The second-order valence-corrected chi connectivity index (χ2v) is 6.74. The Morgan fingerprint density at radius 1 is 0.913 bits per heavy atom. The summed E-state index contributed by atoms with van der Waals surface area (Å²) >= 11 is 0. The van der Waals surface area contributed by atoms with Crippen molar-refractivity contribution in [2.24, 2.45) is 0 Å². The second kappa shape index (κ2) is 5.14. The van der Waals surface area contributed by atoms with Gasteiger partial charge in [0.15, 0.2) is 0 Å². The molecule has 2 aromatic carbocycles. The van der Waals surface area contributed by atoms with Crippen LogP contribution in [0, 0.1) is 0 Å². The second-order valence-electron chi connectivity index (χ2n) is 6.74. The summed E-state index contributed by atoms with van der Waals surface area (Å²) in [6, 6.07) is 20.2. The Balaban J connectivity index is 1.46. The van der Waals surface area contributed by atoms with Gasteiger partial charge >= 0.3 is 0 Å². The maximum Gasteiger partial charge on any atom is 0.0459 e. The molecule has 3 aromatic rings. The van der Waals surface area contributed by atoms with Gasteiger partial charge in [-0.25, -0.2) is 0 Å². The predicted molar refractivity (Wildman–Crippen MR) is 94.9 cm³/mol. The number of anilines is 1. The molecule has 1 aromatic heterocycles. The molecule has 0 aliphatic carbocycles. The number of aromatic nitrogens is 1. The van der Waals surface area contributed by atoms with Crippen molar-refractivity contribution in [2.75, 3.05) is 24.5 Å². The van der Waals surface area contributed by atoms with E-state index in [0.29, 0.717) is 6.04 Å². The van der Waals surface area contributed by atoms with Crippen LogP contribution in [-0.2, 0) is 13.0 Å². The number of hydrogen-bond donors (Lipinski definition) is 1. The Bertz CT molecular complexity index is 836. The van der Waals surface area contributed by atoms with Crippen LogP contribution in [0.3, 0.4) is 0 Å². The van der Waals surface area contributed by atoms with E-state index in [1.165, 1.54) is 27.8 Å². The molecule has 3 nitrogen and oxygen atoms in total. The van der Waals surface area contributed by atoms with Gasteiger partial charge in [-0.05, 0) is 30.2 Å². The zero-order valence-electron chi connectivity index (χ0n) is 13.2. The zero-order valence-corrected chi connectivity index (χ0v) is 13.2. The number of fused-ring (bicyclic) bond motifs is 4. The number of H-pyrrole nitrogens is 1. The summed E-state index contributed by atoms with van der Waals surface area (Å²) in [4.78, 5) is 8.83. The molecule has 0 amide bonds. The number of hydrogen-bond acceptors (Lipinski definition) is 2. The van der Waals surface area contributed by atoms with E-state index in [2.05, 4.69) is 69.4 Å². The summed E-state index contributed by atoms with van der Waals surface area (Å²) < 4.78 is 0. The lowest BCUT2D eigenvalue weighted by Gasteiger charge is -2.44. The van der Waals surface area contributed by atoms with Crippen molar-refractivity contribution in [1.82, 2.24) is 9.88 Å². The summed E-state index contributed by atoms with van der Waals surface area (Å²) in [5.41, 5.74) is 5.61. The molecule has 2 aliphatic rings. The molecule has 1 atom stereocenters. The quantitative estimate of drug-likeness (QED) is 0.744. The highest BCUT2D eigenvalue weighted by Gasteiger charge is 2.33. The van der Waals surface area contributed by atoms with Crippen molar-refractivity contribution >= 4 is 16.6 Å². The Kier molecular flexibility index (Phi) is 2.95. The van der Waals surface area contributed by atoms with Crippen molar-refractivity contribution in [1.29, 1.82) is 0 Å². The van der Waals surface area contributed by atoms with E-state index in [1.54, 1.807) is 0 Å². The molecular weight excluding hydrogens is 282 g/mol. The van der Waals surface area contributed by atoms with Crippen LogP contribution < -0.4 is 4.90 Å². The highest BCUT2D eigenvalue weighted by molar-refractivity contribution is 5.85. The van der Waals surface area contributed by atoms with E-state index in [1.807, 2.05) is 0 Å². The first-order valence-electron chi connectivity index (χ1n) is 8.51. The zero-order chi connectivity index (χ0) is 15.2. The number of piperazine rings is 1. The van der Waals surface area contributed by atoms with Crippen molar-refractivity contribution in [3.05, 3.63) is 65.9 Å². The van der Waals surface area contributed by atoms with Crippen LogP contribution in [-0.4, -0.2) is 35.6 Å². The van der Waals surface area contributed by atoms with Gasteiger partial charge in [0.1, 0.15) is 0 Å². The average molecular weight is 303 g/mol. The molecule has 2 aliphatic heterocycles. The molecule has 1 unspecified atom stereocenters. The third-order valence-corrected chi connectivity index (χ3v) is 5.43. The highest BCUT2D eigenvalue weighted by Crippen LogP contribution is 2.32. The van der Waals surface area contributed by atoms with Gasteiger partial charge in [0.25, 0.3) is 0 Å². The Hall–Kier alpha value is -2.26. The maximum atomic E-state index is 3.64. The minimum Gasteiger partial charge on any atom is -0.369 e. The summed E-state index contributed by atoms with van der Waals surface area (Å²) in [7, 11) is 0. The monoisotopic (exact) mass is 303 g/mol. The molecule has 0 radical (unpaired) electrons. The van der Waals surface area contributed by atoms with Crippen molar-refractivity contribution in [3.8, 4) is 0 Å². The van der Waals surface area contributed by atoms with Gasteiger partial charge in [-0.2, -0.15) is 0 Å². The molecular formula is C20H21N3.